The van der Waals surface area contributed by atoms with Crippen LogP contribution in [0.2, 0.25) is 0 Å². The zero-order valence-electron chi connectivity index (χ0n) is 21.6. The van der Waals surface area contributed by atoms with E-state index in [0.29, 0.717) is 48.7 Å². The lowest BCUT2D eigenvalue weighted by atomic mass is 9.88. The molecule has 3 heterocycles. The maximum Gasteiger partial charge on any atom is 0.255 e. The second kappa shape index (κ2) is 11.9. The summed E-state index contributed by atoms with van der Waals surface area (Å²) in [7, 11) is 0. The number of hydrogen-bond acceptors (Lipinski definition) is 4. The molecule has 0 saturated carbocycles. The normalized spacial score (nSPS) is 20.2. The van der Waals surface area contributed by atoms with Gasteiger partial charge in [-0.25, -0.2) is 8.78 Å². The second-order valence-electron chi connectivity index (χ2n) is 10.6. The Labute approximate surface area is 223 Å². The van der Waals surface area contributed by atoms with Gasteiger partial charge in [0.2, 0.25) is 0 Å². The number of nitriles is 1. The Hall–Kier alpha value is -3.50. The molecule has 1 atom stereocenters. The summed E-state index contributed by atoms with van der Waals surface area (Å²) >= 11 is 0. The number of halogens is 2. The molecule has 0 aliphatic carbocycles. The van der Waals surface area contributed by atoms with Crippen molar-refractivity contribution in [3.63, 3.8) is 0 Å². The second-order valence-corrected chi connectivity index (χ2v) is 10.6. The number of benzene rings is 2. The van der Waals surface area contributed by atoms with Crippen LogP contribution >= 0.6 is 0 Å². The molecule has 2 saturated heterocycles. The highest BCUT2D eigenvalue weighted by molar-refractivity contribution is 5.96. The SMILES string of the molecule is N#Cc1ccc(CN2CCC(N3C=C(C(=O)N4CCC(C(F)c5ccc(F)cc5)CC4)C=CC3)CC2)cc1. The van der Waals surface area contributed by atoms with Crippen molar-refractivity contribution in [2.75, 3.05) is 32.7 Å². The Morgan fingerprint density at radius 2 is 1.66 bits per heavy atom. The quantitative estimate of drug-likeness (QED) is 0.518. The molecule has 1 amide bonds. The monoisotopic (exact) mass is 516 g/mol. The van der Waals surface area contributed by atoms with Gasteiger partial charge in [-0.3, -0.25) is 9.69 Å². The molecule has 3 aliphatic heterocycles. The van der Waals surface area contributed by atoms with Crippen LogP contribution in [-0.4, -0.2) is 59.4 Å². The number of carbonyl (C=O) groups excluding carboxylic acids is 1. The highest BCUT2D eigenvalue weighted by Crippen LogP contribution is 2.34. The molecule has 0 aromatic heterocycles. The first-order valence-electron chi connectivity index (χ1n) is 13.5. The minimum Gasteiger partial charge on any atom is -0.370 e. The highest BCUT2D eigenvalue weighted by atomic mass is 19.1. The summed E-state index contributed by atoms with van der Waals surface area (Å²) in [5, 5.41) is 8.98. The predicted octanol–water partition coefficient (Wildman–Crippen LogP) is 5.37. The maximum absolute atomic E-state index is 15.0. The van der Waals surface area contributed by atoms with Crippen LogP contribution in [-0.2, 0) is 11.3 Å². The van der Waals surface area contributed by atoms with E-state index in [1.165, 1.54) is 29.8 Å². The third-order valence-corrected chi connectivity index (χ3v) is 8.11. The van der Waals surface area contributed by atoms with Crippen molar-refractivity contribution in [1.29, 1.82) is 5.26 Å². The lowest BCUT2D eigenvalue weighted by molar-refractivity contribution is -0.128. The molecular formula is C31H34F2N4O. The van der Waals surface area contributed by atoms with Gasteiger partial charge in [0.1, 0.15) is 12.0 Å². The summed E-state index contributed by atoms with van der Waals surface area (Å²) < 4.78 is 28.2. The van der Waals surface area contributed by atoms with Gasteiger partial charge in [-0.15, -0.1) is 0 Å². The largest absolute Gasteiger partial charge is 0.370 e. The van der Waals surface area contributed by atoms with Gasteiger partial charge in [0.15, 0.2) is 0 Å². The van der Waals surface area contributed by atoms with Crippen LogP contribution in [0.4, 0.5) is 8.78 Å². The number of nitrogens with zero attached hydrogens (tertiary/aromatic N) is 4. The Morgan fingerprint density at radius 1 is 0.974 bits per heavy atom. The molecule has 38 heavy (non-hydrogen) atoms. The molecule has 3 aliphatic rings. The molecule has 7 heteroatoms. The smallest absolute Gasteiger partial charge is 0.255 e. The van der Waals surface area contributed by atoms with E-state index in [1.54, 1.807) is 0 Å². The van der Waals surface area contributed by atoms with Crippen molar-refractivity contribution in [2.45, 2.75) is 44.4 Å². The summed E-state index contributed by atoms with van der Waals surface area (Å²) in [5.74, 6) is -0.510. The molecule has 0 spiro atoms. The Bertz CT molecular complexity index is 1200. The number of amides is 1. The fourth-order valence-electron chi connectivity index (χ4n) is 5.81. The lowest BCUT2D eigenvalue weighted by Gasteiger charge is -2.39. The van der Waals surface area contributed by atoms with Gasteiger partial charge in [0.05, 0.1) is 17.2 Å². The number of piperidine rings is 2. The van der Waals surface area contributed by atoms with Gasteiger partial charge in [-0.05, 0) is 67.0 Å². The van der Waals surface area contributed by atoms with Crippen molar-refractivity contribution >= 4 is 5.91 Å². The van der Waals surface area contributed by atoms with Crippen LogP contribution in [0, 0.1) is 23.1 Å². The zero-order valence-corrected chi connectivity index (χ0v) is 21.6. The molecule has 1 unspecified atom stereocenters. The van der Waals surface area contributed by atoms with Gasteiger partial charge in [-0.1, -0.05) is 36.4 Å². The summed E-state index contributed by atoms with van der Waals surface area (Å²) in [6.45, 7) is 4.74. The van der Waals surface area contributed by atoms with Crippen molar-refractivity contribution < 1.29 is 13.6 Å². The van der Waals surface area contributed by atoms with Gasteiger partial charge >= 0.3 is 0 Å². The van der Waals surface area contributed by atoms with Crippen LogP contribution in [0.1, 0.15) is 48.5 Å². The topological polar surface area (TPSA) is 50.6 Å². The minimum absolute atomic E-state index is 0.0137. The Kier molecular flexibility index (Phi) is 8.19. The van der Waals surface area contributed by atoms with E-state index in [1.807, 2.05) is 41.4 Å². The van der Waals surface area contributed by atoms with Crippen molar-refractivity contribution in [3.05, 3.63) is 95.0 Å². The van der Waals surface area contributed by atoms with Crippen LogP contribution in [0.25, 0.3) is 0 Å². The standard InChI is InChI=1S/C31H34F2N4O/c32-28-9-7-25(8-10-28)30(33)26-11-18-36(19-12-26)31(38)27-2-1-15-37(22-27)29-13-16-35(17-14-29)21-24-5-3-23(20-34)4-6-24/h1-10,22,26,29-30H,11-19,21H2. The molecule has 198 valence electrons. The van der Waals surface area contributed by atoms with E-state index in [0.717, 1.165) is 39.0 Å². The van der Waals surface area contributed by atoms with E-state index >= 15 is 4.39 Å². The maximum atomic E-state index is 15.0. The van der Waals surface area contributed by atoms with Crippen molar-refractivity contribution in [3.8, 4) is 6.07 Å². The van der Waals surface area contributed by atoms with Crippen LogP contribution < -0.4 is 0 Å². The van der Waals surface area contributed by atoms with E-state index in [-0.39, 0.29) is 17.6 Å². The molecule has 5 rings (SSSR count). The Morgan fingerprint density at radius 3 is 2.32 bits per heavy atom. The molecule has 0 N–H and O–H groups in total. The average molecular weight is 517 g/mol. The summed E-state index contributed by atoms with van der Waals surface area (Å²) in [6, 6.07) is 16.0. The number of alkyl halides is 1. The molecule has 2 fully saturated rings. The fraction of sp³-hybridized carbons (Fsp3) is 0.419. The molecule has 0 radical (unpaired) electrons. The van der Waals surface area contributed by atoms with E-state index in [2.05, 4.69) is 21.9 Å². The predicted molar refractivity (Wildman–Crippen MR) is 143 cm³/mol. The minimum atomic E-state index is -1.14. The molecule has 0 bridgehead atoms. The van der Waals surface area contributed by atoms with Gasteiger partial charge in [0, 0.05) is 51.5 Å². The molecule has 2 aromatic rings. The number of hydrogen-bond donors (Lipinski definition) is 0. The molecule has 2 aromatic carbocycles. The first-order chi connectivity index (χ1) is 18.5. The van der Waals surface area contributed by atoms with Crippen molar-refractivity contribution in [2.24, 2.45) is 5.92 Å². The van der Waals surface area contributed by atoms with Gasteiger partial charge < -0.3 is 9.80 Å². The van der Waals surface area contributed by atoms with Gasteiger partial charge in [0.25, 0.3) is 5.91 Å². The van der Waals surface area contributed by atoms with E-state index in [9.17, 15) is 9.18 Å². The third-order valence-electron chi connectivity index (χ3n) is 8.11. The summed E-state index contributed by atoms with van der Waals surface area (Å²) in [4.78, 5) is 19.9. The number of likely N-dealkylation sites (tertiary alicyclic amines) is 2. The molecular weight excluding hydrogens is 482 g/mol. The van der Waals surface area contributed by atoms with Crippen LogP contribution in [0.5, 0.6) is 0 Å². The van der Waals surface area contributed by atoms with Crippen molar-refractivity contribution in [1.82, 2.24) is 14.7 Å². The van der Waals surface area contributed by atoms with Gasteiger partial charge in [-0.2, -0.15) is 5.26 Å². The fourth-order valence-corrected chi connectivity index (χ4v) is 5.81. The lowest BCUT2D eigenvalue weighted by Crippen LogP contribution is -2.44. The number of carbonyl (C=O) groups is 1. The molecule has 5 nitrogen and oxygen atoms in total. The first kappa shape index (κ1) is 26.1. The summed E-state index contributed by atoms with van der Waals surface area (Å²) in [5.41, 5.74) is 3.11. The average Bonchev–Trinajstić information content (AvgIpc) is 2.98. The number of rotatable bonds is 6. The highest BCUT2D eigenvalue weighted by Gasteiger charge is 2.31. The van der Waals surface area contributed by atoms with E-state index in [4.69, 9.17) is 5.26 Å². The summed E-state index contributed by atoms with van der Waals surface area (Å²) in [6.07, 6.45) is 8.14. The third kappa shape index (κ3) is 6.14. The van der Waals surface area contributed by atoms with Crippen LogP contribution in [0.3, 0.4) is 0 Å². The van der Waals surface area contributed by atoms with E-state index < -0.39 is 6.17 Å². The van der Waals surface area contributed by atoms with Crippen LogP contribution in [0.15, 0.2) is 72.5 Å². The Balaban J connectivity index is 1.11. The first-order valence-corrected chi connectivity index (χ1v) is 13.5. The zero-order chi connectivity index (χ0) is 26.5.